The number of anilines is 1. The van der Waals surface area contributed by atoms with E-state index < -0.39 is 29.1 Å². The lowest BCUT2D eigenvalue weighted by molar-refractivity contribution is 0.587. The van der Waals surface area contributed by atoms with Crippen molar-refractivity contribution in [2.75, 3.05) is 5.32 Å². The van der Waals surface area contributed by atoms with Crippen LogP contribution in [0.25, 0.3) is 27.6 Å². The maximum atomic E-state index is 14.7. The number of imidazole rings is 1. The number of fused-ring (bicyclic) bond motifs is 2. The van der Waals surface area contributed by atoms with E-state index >= 15 is 0 Å². The molecule has 3 aromatic heterocycles. The number of aromatic amines is 1. The van der Waals surface area contributed by atoms with E-state index in [0.29, 0.717) is 28.1 Å². The van der Waals surface area contributed by atoms with E-state index in [1.54, 1.807) is 13.0 Å². The number of hydrogen-bond acceptors (Lipinski definition) is 5. The number of H-pyrrole nitrogens is 1. The molecule has 5 aromatic rings. The van der Waals surface area contributed by atoms with Crippen LogP contribution in [0.4, 0.5) is 19.0 Å². The van der Waals surface area contributed by atoms with Crippen LogP contribution >= 0.6 is 0 Å². The fourth-order valence-corrected chi connectivity index (χ4v) is 3.67. The molecule has 0 radical (unpaired) electrons. The van der Waals surface area contributed by atoms with Crippen LogP contribution in [0.5, 0.6) is 0 Å². The average molecular weight is 436 g/mol. The highest BCUT2D eigenvalue weighted by molar-refractivity contribution is 5.84. The lowest BCUT2D eigenvalue weighted by Crippen LogP contribution is -2.26. The Kier molecular flexibility index (Phi) is 4.62. The van der Waals surface area contributed by atoms with Gasteiger partial charge in [-0.05, 0) is 42.6 Å². The maximum absolute atomic E-state index is 14.7. The molecule has 0 amide bonds. The van der Waals surface area contributed by atoms with Gasteiger partial charge in [0.05, 0.1) is 23.4 Å². The van der Waals surface area contributed by atoms with Gasteiger partial charge in [0.25, 0.3) is 5.56 Å². The van der Waals surface area contributed by atoms with Gasteiger partial charge in [-0.2, -0.15) is 0 Å². The minimum atomic E-state index is -0.797. The molecule has 0 aliphatic carbocycles. The molecular formula is C22H15F3N6O. The molecule has 1 unspecified atom stereocenters. The van der Waals surface area contributed by atoms with E-state index in [9.17, 15) is 18.0 Å². The van der Waals surface area contributed by atoms with Gasteiger partial charge in [0.2, 0.25) is 0 Å². The van der Waals surface area contributed by atoms with Crippen molar-refractivity contribution < 1.29 is 13.2 Å². The monoisotopic (exact) mass is 436 g/mol. The standard InChI is InChI=1S/C22H15F3N6O/c1-11(30-21-19-20(27-9-26-19)28-10-29-21)17-6-12-2-3-13(23)7-15(12)22(32)31(17)18-8-14(24)4-5-16(18)25/h2-11H,1H3,(H2,26,27,28,29,30). The zero-order valence-electron chi connectivity index (χ0n) is 16.6. The van der Waals surface area contributed by atoms with Crippen molar-refractivity contribution in [2.24, 2.45) is 0 Å². The van der Waals surface area contributed by atoms with Crippen molar-refractivity contribution in [3.8, 4) is 5.69 Å². The van der Waals surface area contributed by atoms with Crippen molar-refractivity contribution in [3.05, 3.63) is 88.6 Å². The first-order valence-electron chi connectivity index (χ1n) is 9.63. The second kappa shape index (κ2) is 7.49. The number of benzene rings is 2. The van der Waals surface area contributed by atoms with Gasteiger partial charge in [-0.1, -0.05) is 6.07 Å². The first-order valence-corrected chi connectivity index (χ1v) is 9.63. The molecule has 10 heteroatoms. The third kappa shape index (κ3) is 3.25. The minimum absolute atomic E-state index is 0.0429. The van der Waals surface area contributed by atoms with E-state index in [2.05, 4.69) is 25.3 Å². The quantitative estimate of drug-likeness (QED) is 0.440. The van der Waals surface area contributed by atoms with Crippen molar-refractivity contribution in [2.45, 2.75) is 13.0 Å². The number of nitrogens with zero attached hydrogens (tertiary/aromatic N) is 4. The van der Waals surface area contributed by atoms with Crippen molar-refractivity contribution in [1.82, 2.24) is 24.5 Å². The van der Waals surface area contributed by atoms with Crippen LogP contribution in [0, 0.1) is 17.5 Å². The summed E-state index contributed by atoms with van der Waals surface area (Å²) >= 11 is 0. The first-order chi connectivity index (χ1) is 15.4. The Morgan fingerprint density at radius 3 is 2.62 bits per heavy atom. The van der Waals surface area contributed by atoms with Crippen LogP contribution in [0.1, 0.15) is 18.7 Å². The molecule has 1 atom stereocenters. The summed E-state index contributed by atoms with van der Waals surface area (Å²) in [6, 6.07) is 7.61. The molecule has 0 saturated carbocycles. The molecule has 0 aliphatic rings. The molecule has 0 aliphatic heterocycles. The van der Waals surface area contributed by atoms with Gasteiger partial charge in [0.1, 0.15) is 29.3 Å². The van der Waals surface area contributed by atoms with Crippen LogP contribution in [0.3, 0.4) is 0 Å². The van der Waals surface area contributed by atoms with Crippen LogP contribution < -0.4 is 10.9 Å². The Morgan fingerprint density at radius 2 is 1.78 bits per heavy atom. The SMILES string of the molecule is CC(Nc1ncnc2[nH]cnc12)c1cc2ccc(F)cc2c(=O)n1-c1cc(F)ccc1F. The topological polar surface area (TPSA) is 88.5 Å². The molecule has 2 aromatic carbocycles. The summed E-state index contributed by atoms with van der Waals surface area (Å²) in [4.78, 5) is 28.7. The van der Waals surface area contributed by atoms with Gasteiger partial charge in [-0.15, -0.1) is 0 Å². The predicted molar refractivity (Wildman–Crippen MR) is 113 cm³/mol. The molecular weight excluding hydrogens is 421 g/mol. The molecule has 0 saturated heterocycles. The molecule has 0 fully saturated rings. The third-order valence-electron chi connectivity index (χ3n) is 5.17. The summed E-state index contributed by atoms with van der Waals surface area (Å²) in [5.41, 5.74) is 0.353. The Labute approximate surface area is 178 Å². The highest BCUT2D eigenvalue weighted by Gasteiger charge is 2.20. The summed E-state index contributed by atoms with van der Waals surface area (Å²) in [7, 11) is 0. The zero-order valence-corrected chi connectivity index (χ0v) is 16.6. The summed E-state index contributed by atoms with van der Waals surface area (Å²) in [5, 5.41) is 3.65. The van der Waals surface area contributed by atoms with Gasteiger partial charge in [0.15, 0.2) is 11.5 Å². The second-order valence-electron chi connectivity index (χ2n) is 7.23. The number of aromatic nitrogens is 5. The Bertz CT molecular complexity index is 1540. The molecule has 32 heavy (non-hydrogen) atoms. The largest absolute Gasteiger partial charge is 0.360 e. The fraction of sp³-hybridized carbons (Fsp3) is 0.0909. The summed E-state index contributed by atoms with van der Waals surface area (Å²) in [6.07, 6.45) is 2.82. The van der Waals surface area contributed by atoms with Crippen molar-refractivity contribution >= 4 is 27.8 Å². The number of hydrogen-bond donors (Lipinski definition) is 2. The molecule has 0 spiro atoms. The highest BCUT2D eigenvalue weighted by Crippen LogP contribution is 2.27. The smallest absolute Gasteiger partial charge is 0.263 e. The van der Waals surface area contributed by atoms with Crippen LogP contribution in [0.2, 0.25) is 0 Å². The molecule has 5 rings (SSSR count). The number of halogens is 3. The summed E-state index contributed by atoms with van der Waals surface area (Å²) in [5.74, 6) is -1.73. The van der Waals surface area contributed by atoms with E-state index in [1.807, 2.05) is 0 Å². The van der Waals surface area contributed by atoms with Gasteiger partial charge in [0, 0.05) is 11.8 Å². The van der Waals surface area contributed by atoms with E-state index in [-0.39, 0.29) is 11.1 Å². The fourth-order valence-electron chi connectivity index (χ4n) is 3.67. The van der Waals surface area contributed by atoms with Crippen LogP contribution in [-0.4, -0.2) is 24.5 Å². The zero-order chi connectivity index (χ0) is 22.4. The van der Waals surface area contributed by atoms with Gasteiger partial charge in [-0.25, -0.2) is 28.1 Å². The lowest BCUT2D eigenvalue weighted by Gasteiger charge is -2.21. The average Bonchev–Trinajstić information content (AvgIpc) is 3.26. The van der Waals surface area contributed by atoms with E-state index in [0.717, 1.165) is 28.8 Å². The summed E-state index contributed by atoms with van der Waals surface area (Å²) in [6.45, 7) is 1.73. The number of pyridine rings is 1. The van der Waals surface area contributed by atoms with Crippen LogP contribution in [-0.2, 0) is 0 Å². The molecule has 3 heterocycles. The lowest BCUT2D eigenvalue weighted by atomic mass is 10.1. The molecule has 0 bridgehead atoms. The minimum Gasteiger partial charge on any atom is -0.360 e. The molecule has 2 N–H and O–H groups in total. The summed E-state index contributed by atoms with van der Waals surface area (Å²) < 4.78 is 43.6. The predicted octanol–water partition coefficient (Wildman–Crippen LogP) is 4.25. The van der Waals surface area contributed by atoms with Crippen molar-refractivity contribution in [3.63, 3.8) is 0 Å². The van der Waals surface area contributed by atoms with Crippen LogP contribution in [0.15, 0.2) is 59.9 Å². The highest BCUT2D eigenvalue weighted by atomic mass is 19.1. The second-order valence-corrected chi connectivity index (χ2v) is 7.23. The van der Waals surface area contributed by atoms with Gasteiger partial charge >= 0.3 is 0 Å². The Balaban J connectivity index is 1.74. The van der Waals surface area contributed by atoms with Gasteiger partial charge in [-0.3, -0.25) is 9.36 Å². The normalized spacial score (nSPS) is 12.4. The number of nitrogens with one attached hydrogen (secondary N) is 2. The Hall–Kier alpha value is -4.21. The molecule has 160 valence electrons. The first kappa shape index (κ1) is 19.7. The molecule has 7 nitrogen and oxygen atoms in total. The number of rotatable bonds is 4. The Morgan fingerprint density at radius 1 is 1.00 bits per heavy atom. The maximum Gasteiger partial charge on any atom is 0.263 e. The van der Waals surface area contributed by atoms with Crippen molar-refractivity contribution in [1.29, 1.82) is 0 Å². The van der Waals surface area contributed by atoms with Gasteiger partial charge < -0.3 is 10.3 Å². The third-order valence-corrected chi connectivity index (χ3v) is 5.17. The van der Waals surface area contributed by atoms with E-state index in [1.165, 1.54) is 24.8 Å². The van der Waals surface area contributed by atoms with E-state index in [4.69, 9.17) is 0 Å².